The molecule has 4 heteroatoms. The normalized spacial score (nSPS) is 45.4. The van der Waals surface area contributed by atoms with Crippen LogP contribution in [-0.2, 0) is 18.9 Å². The highest BCUT2D eigenvalue weighted by Gasteiger charge is 2.53. The summed E-state index contributed by atoms with van der Waals surface area (Å²) in [4.78, 5) is 0. The summed E-state index contributed by atoms with van der Waals surface area (Å²) in [6.07, 6.45) is 0.147. The molecule has 0 N–H and O–H groups in total. The molecule has 2 heterocycles. The van der Waals surface area contributed by atoms with Gasteiger partial charge in [0.1, 0.15) is 18.3 Å². The summed E-state index contributed by atoms with van der Waals surface area (Å²) in [7, 11) is 1.67. The molecule has 2 rings (SSSR count). The van der Waals surface area contributed by atoms with Crippen LogP contribution in [0.5, 0.6) is 0 Å². The first-order valence-electron chi connectivity index (χ1n) is 5.03. The monoisotopic (exact) mass is 202 g/mol. The Bertz CT molecular complexity index is 216. The highest BCUT2D eigenvalue weighted by Crippen LogP contribution is 2.38. The fourth-order valence-corrected chi connectivity index (χ4v) is 2.20. The standard InChI is InChI=1S/C10H18O4/c1-6-8-9(7(12-6)5-11-4)14-10(2,3)13-8/h6-9H,5H2,1-4H3/t6-,7+,8-,9+/m0/s1. The Morgan fingerprint density at radius 1 is 1.21 bits per heavy atom. The van der Waals surface area contributed by atoms with E-state index in [0.29, 0.717) is 6.61 Å². The van der Waals surface area contributed by atoms with E-state index in [2.05, 4.69) is 0 Å². The van der Waals surface area contributed by atoms with Crippen molar-refractivity contribution in [2.75, 3.05) is 13.7 Å². The van der Waals surface area contributed by atoms with E-state index < -0.39 is 5.79 Å². The Balaban J connectivity index is 2.07. The van der Waals surface area contributed by atoms with Crippen molar-refractivity contribution in [1.82, 2.24) is 0 Å². The van der Waals surface area contributed by atoms with E-state index in [1.165, 1.54) is 0 Å². The molecule has 0 unspecified atom stereocenters. The highest BCUT2D eigenvalue weighted by atomic mass is 16.8. The molecule has 0 spiro atoms. The lowest BCUT2D eigenvalue weighted by Gasteiger charge is -2.22. The summed E-state index contributed by atoms with van der Waals surface area (Å²) >= 11 is 0. The number of methoxy groups -OCH3 is 1. The summed E-state index contributed by atoms with van der Waals surface area (Å²) in [5.74, 6) is -0.487. The number of hydrogen-bond acceptors (Lipinski definition) is 4. The van der Waals surface area contributed by atoms with Gasteiger partial charge in [0.25, 0.3) is 0 Å². The minimum atomic E-state index is -0.487. The summed E-state index contributed by atoms with van der Waals surface area (Å²) in [5, 5.41) is 0. The summed E-state index contributed by atoms with van der Waals surface area (Å²) < 4.78 is 22.3. The first kappa shape index (κ1) is 10.4. The summed E-state index contributed by atoms with van der Waals surface area (Å²) in [5.41, 5.74) is 0. The van der Waals surface area contributed by atoms with E-state index in [9.17, 15) is 0 Å². The van der Waals surface area contributed by atoms with Gasteiger partial charge >= 0.3 is 0 Å². The molecule has 0 aromatic heterocycles. The molecule has 0 amide bonds. The Morgan fingerprint density at radius 2 is 1.86 bits per heavy atom. The van der Waals surface area contributed by atoms with Crippen molar-refractivity contribution in [3.05, 3.63) is 0 Å². The van der Waals surface area contributed by atoms with E-state index in [-0.39, 0.29) is 24.4 Å². The van der Waals surface area contributed by atoms with Crippen molar-refractivity contribution in [1.29, 1.82) is 0 Å². The van der Waals surface area contributed by atoms with Gasteiger partial charge in [-0.3, -0.25) is 0 Å². The largest absolute Gasteiger partial charge is 0.382 e. The lowest BCUT2D eigenvalue weighted by molar-refractivity contribution is -0.189. The second kappa shape index (κ2) is 3.45. The molecular weight excluding hydrogens is 184 g/mol. The molecule has 0 bridgehead atoms. The quantitative estimate of drug-likeness (QED) is 0.668. The van der Waals surface area contributed by atoms with Crippen molar-refractivity contribution in [3.63, 3.8) is 0 Å². The molecule has 82 valence electrons. The van der Waals surface area contributed by atoms with Gasteiger partial charge in [-0.25, -0.2) is 0 Å². The third kappa shape index (κ3) is 1.67. The minimum Gasteiger partial charge on any atom is -0.382 e. The Kier molecular flexibility index (Phi) is 2.55. The molecule has 0 radical (unpaired) electrons. The maximum atomic E-state index is 5.78. The average molecular weight is 202 g/mol. The van der Waals surface area contributed by atoms with Crippen LogP contribution in [0.3, 0.4) is 0 Å². The highest BCUT2D eigenvalue weighted by molar-refractivity contribution is 4.96. The third-order valence-corrected chi connectivity index (χ3v) is 2.71. The summed E-state index contributed by atoms with van der Waals surface area (Å²) in [6.45, 7) is 6.44. The SMILES string of the molecule is COC[C@H]1O[C@@H](C)[C@@H]2OC(C)(C)O[C@@H]21. The number of hydrogen-bond donors (Lipinski definition) is 0. The molecular formula is C10H18O4. The van der Waals surface area contributed by atoms with Crippen LogP contribution >= 0.6 is 0 Å². The number of rotatable bonds is 2. The third-order valence-electron chi connectivity index (χ3n) is 2.71. The van der Waals surface area contributed by atoms with Gasteiger partial charge in [-0.1, -0.05) is 0 Å². The summed E-state index contributed by atoms with van der Waals surface area (Å²) in [6, 6.07) is 0. The Hall–Kier alpha value is -0.160. The molecule has 14 heavy (non-hydrogen) atoms. The van der Waals surface area contributed by atoms with E-state index in [4.69, 9.17) is 18.9 Å². The lowest BCUT2D eigenvalue weighted by Crippen LogP contribution is -2.32. The number of ether oxygens (including phenoxy) is 4. The molecule has 2 fully saturated rings. The van der Waals surface area contributed by atoms with Crippen LogP contribution in [0.1, 0.15) is 20.8 Å². The van der Waals surface area contributed by atoms with Crippen LogP contribution in [0, 0.1) is 0 Å². The van der Waals surface area contributed by atoms with Gasteiger partial charge in [-0.15, -0.1) is 0 Å². The van der Waals surface area contributed by atoms with E-state index in [0.717, 1.165) is 0 Å². The Morgan fingerprint density at radius 3 is 2.50 bits per heavy atom. The predicted molar refractivity (Wildman–Crippen MR) is 50.0 cm³/mol. The van der Waals surface area contributed by atoms with Gasteiger partial charge in [0.2, 0.25) is 0 Å². The lowest BCUT2D eigenvalue weighted by atomic mass is 10.1. The minimum absolute atomic E-state index is 0.00164. The molecule has 4 nitrogen and oxygen atoms in total. The van der Waals surface area contributed by atoms with Crippen LogP contribution < -0.4 is 0 Å². The van der Waals surface area contributed by atoms with Crippen LogP contribution in [0.25, 0.3) is 0 Å². The molecule has 0 aromatic rings. The fourth-order valence-electron chi connectivity index (χ4n) is 2.20. The van der Waals surface area contributed by atoms with E-state index in [1.807, 2.05) is 20.8 Å². The molecule has 0 aromatic carbocycles. The maximum absolute atomic E-state index is 5.78. The van der Waals surface area contributed by atoms with E-state index in [1.54, 1.807) is 7.11 Å². The maximum Gasteiger partial charge on any atom is 0.164 e. The first-order chi connectivity index (χ1) is 6.53. The molecule has 4 atom stereocenters. The zero-order valence-corrected chi connectivity index (χ0v) is 9.15. The van der Waals surface area contributed by atoms with Crippen molar-refractivity contribution in [2.45, 2.75) is 51.0 Å². The average Bonchev–Trinajstić information content (AvgIpc) is 2.51. The van der Waals surface area contributed by atoms with Crippen molar-refractivity contribution < 1.29 is 18.9 Å². The topological polar surface area (TPSA) is 36.9 Å². The van der Waals surface area contributed by atoms with Crippen LogP contribution in [0.15, 0.2) is 0 Å². The van der Waals surface area contributed by atoms with Gasteiger partial charge in [0.15, 0.2) is 5.79 Å². The molecule has 2 saturated heterocycles. The van der Waals surface area contributed by atoms with Gasteiger partial charge in [0.05, 0.1) is 12.7 Å². The van der Waals surface area contributed by atoms with Crippen LogP contribution in [-0.4, -0.2) is 43.9 Å². The first-order valence-corrected chi connectivity index (χ1v) is 5.03. The van der Waals surface area contributed by atoms with Gasteiger partial charge in [-0.05, 0) is 20.8 Å². The van der Waals surface area contributed by atoms with Crippen molar-refractivity contribution >= 4 is 0 Å². The predicted octanol–water partition coefficient (Wildman–Crippen LogP) is 0.940. The van der Waals surface area contributed by atoms with Crippen LogP contribution in [0.2, 0.25) is 0 Å². The van der Waals surface area contributed by atoms with Gasteiger partial charge in [-0.2, -0.15) is 0 Å². The zero-order chi connectivity index (χ0) is 10.3. The van der Waals surface area contributed by atoms with Crippen LogP contribution in [0.4, 0.5) is 0 Å². The number of fused-ring (bicyclic) bond motifs is 1. The fraction of sp³-hybridized carbons (Fsp3) is 1.00. The molecule has 0 saturated carbocycles. The molecule has 0 aliphatic carbocycles. The second-order valence-electron chi connectivity index (χ2n) is 4.40. The second-order valence-corrected chi connectivity index (χ2v) is 4.40. The molecule has 2 aliphatic rings. The smallest absolute Gasteiger partial charge is 0.164 e. The van der Waals surface area contributed by atoms with Crippen molar-refractivity contribution in [2.24, 2.45) is 0 Å². The van der Waals surface area contributed by atoms with E-state index >= 15 is 0 Å². The molecule has 2 aliphatic heterocycles. The Labute approximate surface area is 84.5 Å². The van der Waals surface area contributed by atoms with Crippen molar-refractivity contribution in [3.8, 4) is 0 Å². The van der Waals surface area contributed by atoms with Gasteiger partial charge < -0.3 is 18.9 Å². The zero-order valence-electron chi connectivity index (χ0n) is 9.15. The van der Waals surface area contributed by atoms with Gasteiger partial charge in [0, 0.05) is 7.11 Å².